The molecule has 1 fully saturated rings. The Morgan fingerprint density at radius 2 is 1.95 bits per heavy atom. The number of phenolic OH excluding ortho intramolecular Hbond substituents is 1. The first-order valence-corrected chi connectivity index (χ1v) is 13.1. The van der Waals surface area contributed by atoms with Crippen LogP contribution in [0.15, 0.2) is 54.6 Å². The first-order valence-electron chi connectivity index (χ1n) is 13.1. The third-order valence-electron chi connectivity index (χ3n) is 7.33. The van der Waals surface area contributed by atoms with Crippen LogP contribution >= 0.6 is 0 Å². The highest BCUT2D eigenvalue weighted by atomic mass is 16.5. The van der Waals surface area contributed by atoms with Crippen LogP contribution in [0, 0.1) is 0 Å². The second kappa shape index (κ2) is 10.6. The van der Waals surface area contributed by atoms with Crippen LogP contribution in [0.4, 0.5) is 5.82 Å². The Balaban J connectivity index is 1.47. The number of allylic oxidation sites excluding steroid dienone is 1. The van der Waals surface area contributed by atoms with E-state index < -0.39 is 0 Å². The van der Waals surface area contributed by atoms with Crippen molar-refractivity contribution in [2.45, 2.75) is 45.6 Å². The fraction of sp³-hybridized carbons (Fsp3) is 0.367. The molecule has 1 aliphatic heterocycles. The number of aromatic nitrogens is 2. The van der Waals surface area contributed by atoms with E-state index in [1.54, 1.807) is 6.07 Å². The monoisotopic (exact) mass is 498 g/mol. The summed E-state index contributed by atoms with van der Waals surface area (Å²) in [6.45, 7) is 10.4. The van der Waals surface area contributed by atoms with Gasteiger partial charge in [0.2, 0.25) is 5.91 Å². The lowest BCUT2D eigenvalue weighted by atomic mass is 9.89. The molecular formula is C30H34N4O3. The quantitative estimate of drug-likeness (QED) is 0.486. The summed E-state index contributed by atoms with van der Waals surface area (Å²) in [5.74, 6) is 1.17. The number of rotatable bonds is 6. The molecule has 7 nitrogen and oxygen atoms in total. The number of phenols is 1. The molecular weight excluding hydrogens is 464 g/mol. The normalized spacial score (nSPS) is 17.5. The second-order valence-electron chi connectivity index (χ2n) is 9.84. The van der Waals surface area contributed by atoms with E-state index in [1.807, 2.05) is 36.1 Å². The Labute approximate surface area is 218 Å². The highest BCUT2D eigenvalue weighted by Gasteiger charge is 2.27. The number of amides is 1. The van der Waals surface area contributed by atoms with Gasteiger partial charge in [-0.2, -0.15) is 9.97 Å². The minimum atomic E-state index is -0.0283. The lowest BCUT2D eigenvalue weighted by Gasteiger charge is -2.36. The summed E-state index contributed by atoms with van der Waals surface area (Å²) >= 11 is 0. The van der Waals surface area contributed by atoms with Crippen LogP contribution in [0.2, 0.25) is 0 Å². The third-order valence-corrected chi connectivity index (χ3v) is 7.33. The van der Waals surface area contributed by atoms with Gasteiger partial charge >= 0.3 is 6.01 Å². The van der Waals surface area contributed by atoms with Gasteiger partial charge in [0, 0.05) is 38.2 Å². The number of fused-ring (bicyclic) bond motifs is 2. The van der Waals surface area contributed by atoms with Crippen molar-refractivity contribution in [2.24, 2.45) is 0 Å². The molecule has 1 N–H and O–H groups in total. The van der Waals surface area contributed by atoms with E-state index in [4.69, 9.17) is 14.7 Å². The summed E-state index contributed by atoms with van der Waals surface area (Å²) in [6, 6.07) is 12.2. The molecule has 2 aliphatic rings. The molecule has 2 heterocycles. The largest absolute Gasteiger partial charge is 0.508 e. The van der Waals surface area contributed by atoms with Crippen LogP contribution in [-0.2, 0) is 17.6 Å². The summed E-state index contributed by atoms with van der Waals surface area (Å²) in [4.78, 5) is 25.9. The zero-order valence-corrected chi connectivity index (χ0v) is 21.6. The predicted octanol–water partition coefficient (Wildman–Crippen LogP) is 4.92. The number of piperazine rings is 1. The molecule has 1 aliphatic carbocycles. The minimum absolute atomic E-state index is 0.0187. The Morgan fingerprint density at radius 1 is 1.16 bits per heavy atom. The van der Waals surface area contributed by atoms with Gasteiger partial charge in [0.1, 0.15) is 11.6 Å². The molecule has 0 bridgehead atoms. The fourth-order valence-corrected chi connectivity index (χ4v) is 5.12. The number of carbonyl (C=O) groups excluding carboxylic acids is 1. The van der Waals surface area contributed by atoms with Crippen LogP contribution in [0.25, 0.3) is 16.8 Å². The van der Waals surface area contributed by atoms with Crippen LogP contribution in [0.5, 0.6) is 11.8 Å². The Hall–Kier alpha value is -3.87. The van der Waals surface area contributed by atoms with Crippen molar-refractivity contribution in [3.8, 4) is 11.8 Å². The van der Waals surface area contributed by atoms with Crippen LogP contribution in [0.1, 0.15) is 43.5 Å². The average molecular weight is 499 g/mol. The molecule has 1 aromatic heterocycles. The van der Waals surface area contributed by atoms with Crippen molar-refractivity contribution in [1.29, 1.82) is 0 Å². The predicted molar refractivity (Wildman–Crippen MR) is 147 cm³/mol. The molecule has 5 rings (SSSR count). The molecule has 3 aromatic rings. The van der Waals surface area contributed by atoms with Gasteiger partial charge in [0.05, 0.1) is 11.8 Å². The van der Waals surface area contributed by atoms with Crippen molar-refractivity contribution < 1.29 is 14.6 Å². The Kier molecular flexibility index (Phi) is 7.12. The maximum absolute atomic E-state index is 12.1. The highest BCUT2D eigenvalue weighted by molar-refractivity contribution is 5.92. The third kappa shape index (κ3) is 5.31. The van der Waals surface area contributed by atoms with Crippen molar-refractivity contribution in [1.82, 2.24) is 14.9 Å². The van der Waals surface area contributed by atoms with E-state index in [9.17, 15) is 9.90 Å². The zero-order chi connectivity index (χ0) is 25.9. The highest BCUT2D eigenvalue weighted by Crippen LogP contribution is 2.35. The average Bonchev–Trinajstić information content (AvgIpc) is 2.92. The van der Waals surface area contributed by atoms with E-state index >= 15 is 0 Å². The topological polar surface area (TPSA) is 78.8 Å². The molecule has 0 saturated carbocycles. The van der Waals surface area contributed by atoms with E-state index in [-0.39, 0.29) is 17.8 Å². The standard InChI is InChI=1S/C30H34N4O3/c1-4-20(3)37-30-31-27-17-21(16-23-19-24(35)18-22-8-6-7-9-25(22)23)10-11-26(27)29(32-30)34-14-12-33(13-15-34)28(36)5-2/h5-9,16,18-20,35H,2,4,10-15,17H2,1,3H3/b21-16+/t20-/m1/s1. The molecule has 7 heteroatoms. The zero-order valence-electron chi connectivity index (χ0n) is 21.6. The molecule has 0 radical (unpaired) electrons. The Morgan fingerprint density at radius 3 is 2.70 bits per heavy atom. The molecule has 1 saturated heterocycles. The Bertz CT molecular complexity index is 1360. The second-order valence-corrected chi connectivity index (χ2v) is 9.84. The summed E-state index contributed by atoms with van der Waals surface area (Å²) < 4.78 is 6.09. The smallest absolute Gasteiger partial charge is 0.318 e. The number of anilines is 1. The van der Waals surface area contributed by atoms with Crippen LogP contribution < -0.4 is 9.64 Å². The molecule has 1 amide bonds. The van der Waals surface area contributed by atoms with Gasteiger partial charge < -0.3 is 19.6 Å². The molecule has 192 valence electrons. The van der Waals surface area contributed by atoms with Gasteiger partial charge in [0.25, 0.3) is 0 Å². The number of hydrogen-bond acceptors (Lipinski definition) is 6. The van der Waals surface area contributed by atoms with Crippen molar-refractivity contribution in [2.75, 3.05) is 31.1 Å². The lowest BCUT2D eigenvalue weighted by Crippen LogP contribution is -2.49. The summed E-state index contributed by atoms with van der Waals surface area (Å²) in [6.07, 6.45) is 6.90. The van der Waals surface area contributed by atoms with Crippen molar-refractivity contribution >= 4 is 28.6 Å². The number of hydrogen-bond donors (Lipinski definition) is 1. The first-order chi connectivity index (χ1) is 17.9. The SMILES string of the molecule is C=CC(=O)N1CCN(c2nc(O[C@H](C)CC)nc3c2CC/C(=C\c2cc(O)cc4ccccc24)C3)CC1. The molecule has 1 atom stereocenters. The first kappa shape index (κ1) is 24.8. The van der Waals surface area contributed by atoms with Gasteiger partial charge in [-0.15, -0.1) is 0 Å². The van der Waals surface area contributed by atoms with Gasteiger partial charge in [-0.3, -0.25) is 4.79 Å². The van der Waals surface area contributed by atoms with E-state index in [0.29, 0.717) is 38.6 Å². The molecule has 0 unspecified atom stereocenters. The van der Waals surface area contributed by atoms with Gasteiger partial charge in [-0.1, -0.05) is 49.4 Å². The number of benzene rings is 2. The molecule has 37 heavy (non-hydrogen) atoms. The van der Waals surface area contributed by atoms with E-state index in [1.165, 1.54) is 11.6 Å². The van der Waals surface area contributed by atoms with Crippen LogP contribution in [0.3, 0.4) is 0 Å². The molecule has 0 spiro atoms. The maximum Gasteiger partial charge on any atom is 0.318 e. The maximum atomic E-state index is 12.1. The van der Waals surface area contributed by atoms with Gasteiger partial charge in [-0.25, -0.2) is 0 Å². The fourth-order valence-electron chi connectivity index (χ4n) is 5.12. The minimum Gasteiger partial charge on any atom is -0.508 e. The van der Waals surface area contributed by atoms with Gasteiger partial charge in [0.15, 0.2) is 0 Å². The van der Waals surface area contributed by atoms with Crippen molar-refractivity contribution in [3.05, 3.63) is 71.4 Å². The van der Waals surface area contributed by atoms with E-state index in [2.05, 4.69) is 30.5 Å². The lowest BCUT2D eigenvalue weighted by molar-refractivity contribution is -0.126. The number of nitrogens with zero attached hydrogens (tertiary/aromatic N) is 4. The number of aromatic hydroxyl groups is 1. The van der Waals surface area contributed by atoms with Crippen molar-refractivity contribution in [3.63, 3.8) is 0 Å². The van der Waals surface area contributed by atoms with Crippen LogP contribution in [-0.4, -0.2) is 58.2 Å². The summed E-state index contributed by atoms with van der Waals surface area (Å²) in [7, 11) is 0. The summed E-state index contributed by atoms with van der Waals surface area (Å²) in [5, 5.41) is 12.4. The number of carbonyl (C=O) groups is 1. The summed E-state index contributed by atoms with van der Waals surface area (Å²) in [5.41, 5.74) is 4.44. The van der Waals surface area contributed by atoms with E-state index in [0.717, 1.165) is 52.7 Å². The molecule has 2 aromatic carbocycles. The van der Waals surface area contributed by atoms with Gasteiger partial charge in [-0.05, 0) is 60.7 Å². The number of ether oxygens (including phenoxy) is 1.